The molecule has 0 aliphatic rings. The van der Waals surface area contributed by atoms with Gasteiger partial charge in [-0.3, -0.25) is 4.55 Å². The summed E-state index contributed by atoms with van der Waals surface area (Å²) in [4.78, 5) is 0. The third-order valence-corrected chi connectivity index (χ3v) is 3.97. The maximum atomic E-state index is 13.2. The summed E-state index contributed by atoms with van der Waals surface area (Å²) in [6.07, 6.45) is -14.8. The lowest BCUT2D eigenvalue weighted by Gasteiger charge is -2.36. The topological polar surface area (TPSA) is 89.4 Å². The first kappa shape index (κ1) is 28.2. The summed E-state index contributed by atoms with van der Waals surface area (Å²) < 4.78 is 181. The fourth-order valence-corrected chi connectivity index (χ4v) is 2.03. The normalized spacial score (nSPS) is 16.0. The molecule has 0 saturated carbocycles. The molecule has 0 aliphatic carbocycles. The molecule has 1 unspecified atom stereocenters. The fourth-order valence-electron chi connectivity index (χ4n) is 1.58. The van der Waals surface area contributed by atoms with Gasteiger partial charge in [0.1, 0.15) is 0 Å². The zero-order valence-electron chi connectivity index (χ0n) is 12.8. The number of halogens is 12. The molecular formula is C10H13F12NO3S. The highest BCUT2D eigenvalue weighted by Crippen LogP contribution is 2.55. The Bertz CT molecular complexity index is 589. The summed E-state index contributed by atoms with van der Waals surface area (Å²) in [6, 6.07) is 0. The number of hydrogen-bond donors (Lipinski definition) is 2. The monoisotopic (exact) mass is 455 g/mol. The first-order valence-electron chi connectivity index (χ1n) is 6.32. The van der Waals surface area contributed by atoms with E-state index in [4.69, 9.17) is 4.55 Å². The van der Waals surface area contributed by atoms with E-state index in [1.807, 2.05) is 0 Å². The molecule has 0 aromatic heterocycles. The van der Waals surface area contributed by atoms with Crippen molar-refractivity contribution in [2.45, 2.75) is 61.1 Å². The average Bonchev–Trinajstić information content (AvgIpc) is 2.40. The lowest BCUT2D eigenvalue weighted by Crippen LogP contribution is -2.66. The molecule has 166 valence electrons. The van der Waals surface area contributed by atoms with Gasteiger partial charge in [0.05, 0.1) is 0 Å². The molecule has 0 amide bonds. The molecule has 0 heterocycles. The molecule has 0 rings (SSSR count). The zero-order chi connectivity index (χ0) is 21.4. The Labute approximate surface area is 144 Å². The van der Waals surface area contributed by atoms with E-state index in [0.29, 0.717) is 0 Å². The smallest absolute Gasteiger partial charge is 0.344 e. The van der Waals surface area contributed by atoms with E-state index in [1.54, 1.807) is 0 Å². The lowest BCUT2D eigenvalue weighted by atomic mass is 9.96. The van der Waals surface area contributed by atoms with Crippen molar-refractivity contribution in [1.29, 1.82) is 0 Å². The summed E-state index contributed by atoms with van der Waals surface area (Å²) in [5.74, 6) is -21.4. The van der Waals surface area contributed by atoms with Crippen molar-refractivity contribution in [2.24, 2.45) is 0 Å². The van der Waals surface area contributed by atoms with Crippen LogP contribution in [0.3, 0.4) is 0 Å². The predicted octanol–water partition coefficient (Wildman–Crippen LogP) is 5.00. The van der Waals surface area contributed by atoms with Crippen LogP contribution in [0.25, 0.3) is 0 Å². The average molecular weight is 455 g/mol. The van der Waals surface area contributed by atoms with Crippen molar-refractivity contribution in [2.75, 3.05) is 0 Å². The molecule has 0 bridgehead atoms. The zero-order valence-corrected chi connectivity index (χ0v) is 13.6. The first-order valence-corrected chi connectivity index (χ1v) is 7.76. The van der Waals surface area contributed by atoms with Crippen LogP contribution in [0.4, 0.5) is 52.7 Å². The van der Waals surface area contributed by atoms with Crippen LogP contribution in [-0.2, 0) is 10.1 Å². The predicted molar refractivity (Wildman–Crippen MR) is 65.8 cm³/mol. The first-order chi connectivity index (χ1) is 11.1. The van der Waals surface area contributed by atoms with Crippen LogP contribution in [-0.4, -0.2) is 48.3 Å². The fraction of sp³-hybridized carbons (Fsp3) is 1.00. The van der Waals surface area contributed by atoms with Gasteiger partial charge in [0.2, 0.25) is 0 Å². The van der Waals surface area contributed by atoms with Gasteiger partial charge in [0, 0.05) is 6.42 Å². The van der Waals surface area contributed by atoms with Crippen LogP contribution >= 0.6 is 0 Å². The highest BCUT2D eigenvalue weighted by Gasteiger charge is 2.85. The molecule has 0 saturated heterocycles. The van der Waals surface area contributed by atoms with Gasteiger partial charge in [-0.25, -0.2) is 4.39 Å². The summed E-state index contributed by atoms with van der Waals surface area (Å²) in [5.41, 5.74) is 0. The molecule has 0 spiro atoms. The standard InChI is InChI=1S/C10H10F12O3S.H3N/c11-5(3-1-2-4-6(12,13)14)7(15,16)8(17,18)9(19,20)10(21,22)26(23,24)25;/h5H,1-4H2,(H,23,24,25);1H3. The summed E-state index contributed by atoms with van der Waals surface area (Å²) in [7, 11) is -7.31. The Balaban J connectivity index is 0. The maximum Gasteiger partial charge on any atom is 0.438 e. The Morgan fingerprint density at radius 3 is 1.52 bits per heavy atom. The van der Waals surface area contributed by atoms with Crippen molar-refractivity contribution in [3.8, 4) is 0 Å². The lowest BCUT2D eigenvalue weighted by molar-refractivity contribution is -0.359. The van der Waals surface area contributed by atoms with Gasteiger partial charge in [-0.15, -0.1) is 0 Å². The molecule has 0 fully saturated rings. The maximum absolute atomic E-state index is 13.2. The van der Waals surface area contributed by atoms with E-state index in [2.05, 4.69) is 0 Å². The van der Waals surface area contributed by atoms with Gasteiger partial charge in [0.25, 0.3) is 0 Å². The number of hydrogen-bond acceptors (Lipinski definition) is 3. The minimum atomic E-state index is -7.45. The van der Waals surface area contributed by atoms with E-state index in [9.17, 15) is 61.1 Å². The largest absolute Gasteiger partial charge is 0.438 e. The van der Waals surface area contributed by atoms with Gasteiger partial charge in [-0.05, 0) is 19.3 Å². The molecule has 17 heteroatoms. The molecule has 27 heavy (non-hydrogen) atoms. The van der Waals surface area contributed by atoms with E-state index in [1.165, 1.54) is 0 Å². The summed E-state index contributed by atoms with van der Waals surface area (Å²) in [5, 5.41) is -7.11. The van der Waals surface area contributed by atoms with E-state index in [0.717, 1.165) is 0 Å². The van der Waals surface area contributed by atoms with Crippen molar-refractivity contribution in [3.63, 3.8) is 0 Å². The van der Waals surface area contributed by atoms with Crippen LogP contribution < -0.4 is 6.15 Å². The second-order valence-electron chi connectivity index (χ2n) is 5.09. The molecule has 0 aliphatic heterocycles. The number of alkyl halides is 12. The molecule has 0 aromatic rings. The molecule has 1 atom stereocenters. The van der Waals surface area contributed by atoms with Crippen LogP contribution in [0, 0.1) is 0 Å². The number of unbranched alkanes of at least 4 members (excludes halogenated alkanes) is 1. The third kappa shape index (κ3) is 5.52. The Hall–Kier alpha value is -0.970. The summed E-state index contributed by atoms with van der Waals surface area (Å²) in [6.45, 7) is 0. The van der Waals surface area contributed by atoms with Gasteiger partial charge < -0.3 is 6.15 Å². The van der Waals surface area contributed by atoms with Gasteiger partial charge in [0.15, 0.2) is 6.17 Å². The highest BCUT2D eigenvalue weighted by molar-refractivity contribution is 7.87. The van der Waals surface area contributed by atoms with Crippen LogP contribution in [0.1, 0.15) is 25.7 Å². The Morgan fingerprint density at radius 1 is 0.778 bits per heavy atom. The quantitative estimate of drug-likeness (QED) is 0.291. The molecule has 0 aromatic carbocycles. The minimum absolute atomic E-state index is 0. The van der Waals surface area contributed by atoms with Crippen LogP contribution in [0.2, 0.25) is 0 Å². The second-order valence-corrected chi connectivity index (χ2v) is 6.55. The molecule has 0 radical (unpaired) electrons. The second kappa shape index (κ2) is 8.18. The van der Waals surface area contributed by atoms with Gasteiger partial charge >= 0.3 is 39.3 Å². The van der Waals surface area contributed by atoms with Crippen LogP contribution in [0.5, 0.6) is 0 Å². The molecular weight excluding hydrogens is 442 g/mol. The molecule has 4 N–H and O–H groups in total. The van der Waals surface area contributed by atoms with Crippen LogP contribution in [0.15, 0.2) is 0 Å². The molecule has 4 nitrogen and oxygen atoms in total. The van der Waals surface area contributed by atoms with Crippen molar-refractivity contribution in [3.05, 3.63) is 0 Å². The van der Waals surface area contributed by atoms with E-state index < -0.39 is 71.2 Å². The Morgan fingerprint density at radius 2 is 1.19 bits per heavy atom. The Kier molecular flexibility index (Phi) is 8.56. The van der Waals surface area contributed by atoms with E-state index >= 15 is 0 Å². The third-order valence-electron chi connectivity index (χ3n) is 3.06. The summed E-state index contributed by atoms with van der Waals surface area (Å²) >= 11 is 0. The van der Waals surface area contributed by atoms with E-state index in [-0.39, 0.29) is 6.15 Å². The van der Waals surface area contributed by atoms with Crippen molar-refractivity contribution in [1.82, 2.24) is 6.15 Å². The minimum Gasteiger partial charge on any atom is -0.344 e. The van der Waals surface area contributed by atoms with Gasteiger partial charge in [-0.1, -0.05) is 0 Å². The number of rotatable bonds is 9. The van der Waals surface area contributed by atoms with Crippen molar-refractivity contribution >= 4 is 10.1 Å². The van der Waals surface area contributed by atoms with Crippen molar-refractivity contribution < 1.29 is 65.7 Å². The van der Waals surface area contributed by atoms with Gasteiger partial charge in [-0.2, -0.15) is 56.7 Å². The SMILES string of the molecule is N.O=S(=O)(O)C(F)(F)C(F)(F)C(F)(F)C(F)(F)C(F)CCCCC(F)(F)F. The highest BCUT2D eigenvalue weighted by atomic mass is 32.2.